The van der Waals surface area contributed by atoms with Gasteiger partial charge >= 0.3 is 0 Å². The van der Waals surface area contributed by atoms with Crippen molar-refractivity contribution >= 4 is 23.7 Å². The van der Waals surface area contributed by atoms with Gasteiger partial charge in [-0.2, -0.15) is 11.3 Å². The second-order valence-corrected chi connectivity index (χ2v) is 6.03. The highest BCUT2D eigenvalue weighted by molar-refractivity contribution is 7.08. The minimum absolute atomic E-state index is 0. The fourth-order valence-corrected chi connectivity index (χ4v) is 3.44. The molecule has 1 fully saturated rings. The molecule has 2 nitrogen and oxygen atoms in total. The highest BCUT2D eigenvalue weighted by Gasteiger charge is 2.24. The molecule has 1 aliphatic rings. The standard InChI is InChI=1S/C16H19FN2S.ClH/c1-12-2-3-13(10-15(12)17)16(14-4-9-20-11-14)19-7-5-18-6-8-19;/h2-4,9-11,16,18H,5-8H2,1H3;1H/t16-;/m0./s1. The molecule has 1 N–H and O–H groups in total. The molecule has 21 heavy (non-hydrogen) atoms. The predicted octanol–water partition coefficient (Wildman–Crippen LogP) is 3.61. The van der Waals surface area contributed by atoms with Crippen LogP contribution in [0.1, 0.15) is 22.7 Å². The molecule has 0 unspecified atom stereocenters. The van der Waals surface area contributed by atoms with E-state index in [-0.39, 0.29) is 24.3 Å². The van der Waals surface area contributed by atoms with Gasteiger partial charge in [0.25, 0.3) is 0 Å². The van der Waals surface area contributed by atoms with Crippen LogP contribution in [0.15, 0.2) is 35.0 Å². The Morgan fingerprint density at radius 3 is 2.57 bits per heavy atom. The number of benzene rings is 1. The molecule has 0 bridgehead atoms. The largest absolute Gasteiger partial charge is 0.314 e. The fourth-order valence-electron chi connectivity index (χ4n) is 2.76. The van der Waals surface area contributed by atoms with E-state index in [1.807, 2.05) is 13.0 Å². The summed E-state index contributed by atoms with van der Waals surface area (Å²) >= 11 is 1.70. The maximum absolute atomic E-state index is 13.9. The van der Waals surface area contributed by atoms with E-state index in [2.05, 4.69) is 33.1 Å². The summed E-state index contributed by atoms with van der Waals surface area (Å²) in [6, 6.07) is 7.95. The third-order valence-electron chi connectivity index (χ3n) is 3.89. The molecule has 1 aromatic carbocycles. The summed E-state index contributed by atoms with van der Waals surface area (Å²) in [7, 11) is 0. The van der Waals surface area contributed by atoms with Gasteiger partial charge in [0.1, 0.15) is 5.82 Å². The Labute approximate surface area is 135 Å². The van der Waals surface area contributed by atoms with Gasteiger partial charge < -0.3 is 5.32 Å². The number of nitrogens with one attached hydrogen (secondary N) is 1. The molecule has 0 spiro atoms. The minimum Gasteiger partial charge on any atom is -0.314 e. The molecule has 2 heterocycles. The van der Waals surface area contributed by atoms with Crippen molar-refractivity contribution in [2.75, 3.05) is 26.2 Å². The van der Waals surface area contributed by atoms with Gasteiger partial charge in [0.05, 0.1) is 6.04 Å². The van der Waals surface area contributed by atoms with Crippen molar-refractivity contribution in [2.24, 2.45) is 0 Å². The molecule has 1 aliphatic heterocycles. The van der Waals surface area contributed by atoms with Gasteiger partial charge in [0.15, 0.2) is 0 Å². The SMILES string of the molecule is Cc1ccc([C@@H](c2ccsc2)N2CCNCC2)cc1F.Cl. The van der Waals surface area contributed by atoms with Crippen LogP contribution in [0.3, 0.4) is 0 Å². The number of halogens is 2. The van der Waals surface area contributed by atoms with E-state index >= 15 is 0 Å². The predicted molar refractivity (Wildman–Crippen MR) is 89.0 cm³/mol. The van der Waals surface area contributed by atoms with Crippen molar-refractivity contribution in [3.8, 4) is 0 Å². The number of hydrogen-bond acceptors (Lipinski definition) is 3. The Balaban J connectivity index is 0.00000161. The van der Waals surface area contributed by atoms with E-state index in [0.717, 1.165) is 31.7 Å². The molecule has 114 valence electrons. The molecule has 1 atom stereocenters. The van der Waals surface area contributed by atoms with Crippen molar-refractivity contribution in [1.29, 1.82) is 0 Å². The van der Waals surface area contributed by atoms with E-state index in [0.29, 0.717) is 5.56 Å². The molecular formula is C16H20ClFN2S. The highest BCUT2D eigenvalue weighted by Crippen LogP contribution is 2.31. The Morgan fingerprint density at radius 1 is 1.19 bits per heavy atom. The normalized spacial score (nSPS) is 17.2. The van der Waals surface area contributed by atoms with E-state index in [1.54, 1.807) is 17.4 Å². The molecule has 0 amide bonds. The van der Waals surface area contributed by atoms with Crippen LogP contribution < -0.4 is 5.32 Å². The quantitative estimate of drug-likeness (QED) is 0.927. The van der Waals surface area contributed by atoms with Gasteiger partial charge in [-0.05, 0) is 46.5 Å². The van der Waals surface area contributed by atoms with Gasteiger partial charge in [0.2, 0.25) is 0 Å². The van der Waals surface area contributed by atoms with Crippen LogP contribution in [-0.2, 0) is 0 Å². The maximum atomic E-state index is 13.9. The zero-order chi connectivity index (χ0) is 13.9. The molecule has 2 aromatic rings. The van der Waals surface area contributed by atoms with Crippen LogP contribution in [0.25, 0.3) is 0 Å². The third kappa shape index (κ3) is 3.64. The first kappa shape index (κ1) is 16.4. The van der Waals surface area contributed by atoms with Gasteiger partial charge in [-0.25, -0.2) is 4.39 Å². The van der Waals surface area contributed by atoms with Crippen LogP contribution in [0, 0.1) is 12.7 Å². The molecule has 0 saturated carbocycles. The number of aryl methyl sites for hydroxylation is 1. The first-order valence-electron chi connectivity index (χ1n) is 6.98. The van der Waals surface area contributed by atoms with Crippen molar-refractivity contribution in [3.63, 3.8) is 0 Å². The van der Waals surface area contributed by atoms with Crippen molar-refractivity contribution in [3.05, 3.63) is 57.5 Å². The lowest BCUT2D eigenvalue weighted by molar-refractivity contribution is 0.198. The summed E-state index contributed by atoms with van der Waals surface area (Å²) in [4.78, 5) is 2.43. The lowest BCUT2D eigenvalue weighted by atomic mass is 9.97. The lowest BCUT2D eigenvalue weighted by Gasteiger charge is -2.35. The lowest BCUT2D eigenvalue weighted by Crippen LogP contribution is -2.45. The van der Waals surface area contributed by atoms with Gasteiger partial charge in [0, 0.05) is 26.2 Å². The summed E-state index contributed by atoms with van der Waals surface area (Å²) < 4.78 is 13.9. The second-order valence-electron chi connectivity index (χ2n) is 5.25. The first-order chi connectivity index (χ1) is 9.75. The summed E-state index contributed by atoms with van der Waals surface area (Å²) in [5.74, 6) is -0.113. The number of thiophene rings is 1. The van der Waals surface area contributed by atoms with Crippen LogP contribution >= 0.6 is 23.7 Å². The summed E-state index contributed by atoms with van der Waals surface area (Å²) in [5.41, 5.74) is 3.02. The number of hydrogen-bond donors (Lipinski definition) is 1. The van der Waals surface area contributed by atoms with Crippen molar-refractivity contribution < 1.29 is 4.39 Å². The second kappa shape index (κ2) is 7.36. The Hall–Kier alpha value is -0.940. The first-order valence-corrected chi connectivity index (χ1v) is 7.93. The minimum atomic E-state index is -0.113. The number of nitrogens with zero attached hydrogens (tertiary/aromatic N) is 1. The van der Waals surface area contributed by atoms with Crippen LogP contribution in [0.5, 0.6) is 0 Å². The van der Waals surface area contributed by atoms with Crippen LogP contribution in [-0.4, -0.2) is 31.1 Å². The van der Waals surface area contributed by atoms with Gasteiger partial charge in [-0.1, -0.05) is 12.1 Å². The van der Waals surface area contributed by atoms with E-state index < -0.39 is 0 Å². The van der Waals surface area contributed by atoms with Gasteiger partial charge in [-0.15, -0.1) is 12.4 Å². The third-order valence-corrected chi connectivity index (χ3v) is 4.59. The van der Waals surface area contributed by atoms with Crippen LogP contribution in [0.4, 0.5) is 4.39 Å². The molecule has 5 heteroatoms. The zero-order valence-corrected chi connectivity index (χ0v) is 13.6. The van der Waals surface area contributed by atoms with E-state index in [9.17, 15) is 4.39 Å². The molecule has 1 saturated heterocycles. The Bertz CT molecular complexity index is 568. The number of rotatable bonds is 3. The average Bonchev–Trinajstić information content (AvgIpc) is 2.98. The maximum Gasteiger partial charge on any atom is 0.126 e. The fraction of sp³-hybridized carbons (Fsp3) is 0.375. The Kier molecular flexibility index (Phi) is 5.76. The smallest absolute Gasteiger partial charge is 0.126 e. The van der Waals surface area contributed by atoms with E-state index in [1.165, 1.54) is 5.56 Å². The molecule has 3 rings (SSSR count). The highest BCUT2D eigenvalue weighted by atomic mass is 35.5. The van der Waals surface area contributed by atoms with Crippen LogP contribution in [0.2, 0.25) is 0 Å². The zero-order valence-electron chi connectivity index (χ0n) is 12.0. The molecular weight excluding hydrogens is 307 g/mol. The molecule has 1 aromatic heterocycles. The van der Waals surface area contributed by atoms with Crippen molar-refractivity contribution in [2.45, 2.75) is 13.0 Å². The summed E-state index contributed by atoms with van der Waals surface area (Å²) in [5, 5.41) is 7.64. The van der Waals surface area contributed by atoms with Crippen molar-refractivity contribution in [1.82, 2.24) is 10.2 Å². The molecule has 0 radical (unpaired) electrons. The summed E-state index contributed by atoms with van der Waals surface area (Å²) in [6.45, 7) is 5.79. The summed E-state index contributed by atoms with van der Waals surface area (Å²) in [6.07, 6.45) is 0. The molecule has 0 aliphatic carbocycles. The van der Waals surface area contributed by atoms with E-state index in [4.69, 9.17) is 0 Å². The van der Waals surface area contributed by atoms with Gasteiger partial charge in [-0.3, -0.25) is 4.90 Å². The average molecular weight is 327 g/mol. The topological polar surface area (TPSA) is 15.3 Å². The Morgan fingerprint density at radius 2 is 1.95 bits per heavy atom. The number of piperazine rings is 1. The monoisotopic (exact) mass is 326 g/mol.